The summed E-state index contributed by atoms with van der Waals surface area (Å²) in [6.45, 7) is 6.55. The fraction of sp³-hybridized carbons (Fsp3) is 1.00. The quantitative estimate of drug-likeness (QED) is 0.845. The lowest BCUT2D eigenvalue weighted by molar-refractivity contribution is -0.0331. The Morgan fingerprint density at radius 2 is 1.86 bits per heavy atom. The molecule has 124 valence electrons. The first-order valence-corrected chi connectivity index (χ1v) is 8.95. The zero-order valence-corrected chi connectivity index (χ0v) is 13.8. The van der Waals surface area contributed by atoms with Crippen LogP contribution in [0.2, 0.25) is 0 Å². The van der Waals surface area contributed by atoms with Crippen molar-refractivity contribution in [3.63, 3.8) is 0 Å². The molecule has 1 atom stereocenters. The van der Waals surface area contributed by atoms with Crippen molar-refractivity contribution in [1.29, 1.82) is 0 Å². The van der Waals surface area contributed by atoms with Crippen molar-refractivity contribution >= 4 is 11.8 Å². The molecule has 2 rings (SSSR count). The van der Waals surface area contributed by atoms with Crippen molar-refractivity contribution in [2.75, 3.05) is 25.4 Å². The number of alkyl halides is 3. The highest BCUT2D eigenvalue weighted by molar-refractivity contribution is 8.00. The smallest absolute Gasteiger partial charge is 0.309 e. The van der Waals surface area contributed by atoms with E-state index in [-0.39, 0.29) is 23.1 Å². The minimum absolute atomic E-state index is 0.00589. The maximum Gasteiger partial charge on any atom is 0.441 e. The number of halogens is 3. The first-order chi connectivity index (χ1) is 9.77. The highest BCUT2D eigenvalue weighted by atomic mass is 32.2. The van der Waals surface area contributed by atoms with Gasteiger partial charge in [-0.05, 0) is 44.4 Å². The molecule has 1 aliphatic heterocycles. The molecule has 2 nitrogen and oxygen atoms in total. The van der Waals surface area contributed by atoms with Gasteiger partial charge in [-0.1, -0.05) is 19.3 Å². The number of nitrogens with zero attached hydrogens (tertiary/aromatic N) is 1. The number of hydrogen-bond donors (Lipinski definition) is 1. The maximum absolute atomic E-state index is 12.3. The Balaban J connectivity index is 1.93. The second-order valence-electron chi connectivity index (χ2n) is 6.99. The monoisotopic (exact) mass is 324 g/mol. The lowest BCUT2D eigenvalue weighted by Crippen LogP contribution is -2.63. The Bertz CT molecular complexity index is 327. The van der Waals surface area contributed by atoms with Crippen molar-refractivity contribution in [3.8, 4) is 0 Å². The predicted octanol–water partition coefficient (Wildman–Crippen LogP) is 3.87. The van der Waals surface area contributed by atoms with E-state index in [2.05, 4.69) is 24.1 Å². The van der Waals surface area contributed by atoms with Gasteiger partial charge in [-0.2, -0.15) is 13.2 Å². The molecule has 1 saturated carbocycles. The van der Waals surface area contributed by atoms with Crippen molar-refractivity contribution in [1.82, 2.24) is 10.2 Å². The molecular weight excluding hydrogens is 297 g/mol. The molecule has 0 aromatic carbocycles. The van der Waals surface area contributed by atoms with Crippen LogP contribution in [0.15, 0.2) is 0 Å². The molecule has 1 saturated heterocycles. The van der Waals surface area contributed by atoms with Gasteiger partial charge < -0.3 is 5.32 Å². The van der Waals surface area contributed by atoms with E-state index in [0.717, 1.165) is 13.1 Å². The third-order valence-electron chi connectivity index (χ3n) is 4.70. The van der Waals surface area contributed by atoms with Gasteiger partial charge in [-0.3, -0.25) is 4.90 Å². The molecule has 1 heterocycles. The van der Waals surface area contributed by atoms with E-state index in [9.17, 15) is 13.2 Å². The Morgan fingerprint density at radius 1 is 1.19 bits per heavy atom. The zero-order chi connectivity index (χ0) is 15.5. The summed E-state index contributed by atoms with van der Waals surface area (Å²) in [5.41, 5.74) is -4.11. The van der Waals surface area contributed by atoms with E-state index in [1.807, 2.05) is 0 Å². The maximum atomic E-state index is 12.3. The van der Waals surface area contributed by atoms with Crippen molar-refractivity contribution in [3.05, 3.63) is 0 Å². The van der Waals surface area contributed by atoms with Gasteiger partial charge in [-0.25, -0.2) is 0 Å². The first-order valence-electron chi connectivity index (χ1n) is 7.97. The van der Waals surface area contributed by atoms with Gasteiger partial charge in [0.05, 0.1) is 0 Å². The molecule has 1 unspecified atom stereocenters. The summed E-state index contributed by atoms with van der Waals surface area (Å²) in [7, 11) is 0. The molecule has 0 aromatic heterocycles. The van der Waals surface area contributed by atoms with Gasteiger partial charge in [-0.15, -0.1) is 0 Å². The minimum atomic E-state index is -4.11. The van der Waals surface area contributed by atoms with Gasteiger partial charge in [0.25, 0.3) is 0 Å². The van der Waals surface area contributed by atoms with Crippen LogP contribution in [0.4, 0.5) is 13.2 Å². The number of thioether (sulfide) groups is 1. The van der Waals surface area contributed by atoms with E-state index in [4.69, 9.17) is 0 Å². The summed E-state index contributed by atoms with van der Waals surface area (Å²) in [5, 5.41) is 3.57. The Morgan fingerprint density at radius 3 is 2.48 bits per heavy atom. The van der Waals surface area contributed by atoms with E-state index in [1.165, 1.54) is 32.1 Å². The molecule has 21 heavy (non-hydrogen) atoms. The number of piperazine rings is 1. The zero-order valence-electron chi connectivity index (χ0n) is 13.0. The molecule has 1 aliphatic carbocycles. The molecular formula is C15H27F3N2S. The average Bonchev–Trinajstić information content (AvgIpc) is 2.37. The lowest BCUT2D eigenvalue weighted by Gasteiger charge is -2.48. The van der Waals surface area contributed by atoms with E-state index in [0.29, 0.717) is 18.5 Å². The van der Waals surface area contributed by atoms with Gasteiger partial charge in [0, 0.05) is 37.0 Å². The van der Waals surface area contributed by atoms with Crippen LogP contribution in [0, 0.1) is 5.92 Å². The van der Waals surface area contributed by atoms with Gasteiger partial charge in [0.2, 0.25) is 0 Å². The van der Waals surface area contributed by atoms with Crippen molar-refractivity contribution in [2.45, 2.75) is 63.0 Å². The topological polar surface area (TPSA) is 15.3 Å². The summed E-state index contributed by atoms with van der Waals surface area (Å²) in [6.07, 6.45) is 6.32. The number of hydrogen-bond acceptors (Lipinski definition) is 3. The fourth-order valence-electron chi connectivity index (χ4n) is 3.70. The van der Waals surface area contributed by atoms with E-state index >= 15 is 0 Å². The SMILES string of the molecule is CC1(C)CN(CCSC(F)(F)F)C(C2CCCCC2)CN1. The van der Waals surface area contributed by atoms with Gasteiger partial charge in [0.1, 0.15) is 0 Å². The molecule has 0 bridgehead atoms. The average molecular weight is 324 g/mol. The Labute approximate surface area is 130 Å². The van der Waals surface area contributed by atoms with Crippen LogP contribution < -0.4 is 5.32 Å². The number of nitrogens with one attached hydrogen (secondary N) is 1. The Kier molecular flexibility index (Phi) is 5.88. The second kappa shape index (κ2) is 7.09. The van der Waals surface area contributed by atoms with Crippen LogP contribution in [0.1, 0.15) is 46.0 Å². The normalized spacial score (nSPS) is 28.7. The third-order valence-corrected chi connectivity index (χ3v) is 5.41. The third kappa shape index (κ3) is 5.64. The van der Waals surface area contributed by atoms with Crippen LogP contribution in [-0.4, -0.2) is 47.4 Å². The summed E-state index contributed by atoms with van der Waals surface area (Å²) >= 11 is 0.114. The van der Waals surface area contributed by atoms with E-state index in [1.54, 1.807) is 0 Å². The molecule has 6 heteroatoms. The predicted molar refractivity (Wildman–Crippen MR) is 82.5 cm³/mol. The second-order valence-corrected chi connectivity index (χ2v) is 8.15. The van der Waals surface area contributed by atoms with Crippen LogP contribution in [-0.2, 0) is 0 Å². The van der Waals surface area contributed by atoms with Gasteiger partial charge in [0.15, 0.2) is 0 Å². The van der Waals surface area contributed by atoms with Crippen LogP contribution >= 0.6 is 11.8 Å². The summed E-state index contributed by atoms with van der Waals surface area (Å²) in [6, 6.07) is 0.409. The summed E-state index contributed by atoms with van der Waals surface area (Å²) < 4.78 is 37.0. The Hall–Kier alpha value is 0.0600. The number of rotatable bonds is 4. The van der Waals surface area contributed by atoms with Gasteiger partial charge >= 0.3 is 5.51 Å². The molecule has 0 aromatic rings. The molecule has 2 aliphatic rings. The van der Waals surface area contributed by atoms with E-state index < -0.39 is 5.51 Å². The van der Waals surface area contributed by atoms with Crippen molar-refractivity contribution < 1.29 is 13.2 Å². The van der Waals surface area contributed by atoms with Crippen LogP contribution in [0.25, 0.3) is 0 Å². The fourth-order valence-corrected chi connectivity index (χ4v) is 4.26. The first kappa shape index (κ1) is 17.4. The summed E-state index contributed by atoms with van der Waals surface area (Å²) in [4.78, 5) is 2.31. The van der Waals surface area contributed by atoms with Crippen LogP contribution in [0.5, 0.6) is 0 Å². The summed E-state index contributed by atoms with van der Waals surface area (Å²) in [5.74, 6) is 0.793. The minimum Gasteiger partial charge on any atom is -0.309 e. The highest BCUT2D eigenvalue weighted by Crippen LogP contribution is 2.33. The lowest BCUT2D eigenvalue weighted by atomic mass is 9.81. The molecule has 2 fully saturated rings. The molecule has 0 amide bonds. The largest absolute Gasteiger partial charge is 0.441 e. The highest BCUT2D eigenvalue weighted by Gasteiger charge is 2.37. The molecule has 0 radical (unpaired) electrons. The van der Waals surface area contributed by atoms with Crippen molar-refractivity contribution in [2.24, 2.45) is 5.92 Å². The molecule has 0 spiro atoms. The van der Waals surface area contributed by atoms with Crippen LogP contribution in [0.3, 0.4) is 0 Å². The standard InChI is InChI=1S/C15H27F3N2S/c1-14(2)11-20(8-9-21-15(16,17)18)13(10-19-14)12-6-4-3-5-7-12/h12-13,19H,3-11H2,1-2H3. The molecule has 1 N–H and O–H groups in total.